The molecule has 0 fully saturated rings. The predicted octanol–water partition coefficient (Wildman–Crippen LogP) is 0.868. The Labute approximate surface area is 78.3 Å². The van der Waals surface area contributed by atoms with E-state index in [2.05, 4.69) is 5.32 Å². The van der Waals surface area contributed by atoms with Gasteiger partial charge in [0.2, 0.25) is 5.91 Å². The quantitative estimate of drug-likeness (QED) is 0.686. The molecular weight excluding hydrogens is 170 g/mol. The van der Waals surface area contributed by atoms with E-state index < -0.39 is 12.0 Å². The van der Waals surface area contributed by atoms with Crippen molar-refractivity contribution in [2.75, 3.05) is 0 Å². The summed E-state index contributed by atoms with van der Waals surface area (Å²) in [4.78, 5) is 21.7. The van der Waals surface area contributed by atoms with Crippen LogP contribution in [-0.4, -0.2) is 23.0 Å². The highest BCUT2D eigenvalue weighted by Crippen LogP contribution is 2.09. The van der Waals surface area contributed by atoms with Crippen molar-refractivity contribution in [3.8, 4) is 0 Å². The van der Waals surface area contributed by atoms with Crippen LogP contribution in [0.5, 0.6) is 0 Å². The van der Waals surface area contributed by atoms with Gasteiger partial charge in [0.15, 0.2) is 0 Å². The van der Waals surface area contributed by atoms with E-state index in [4.69, 9.17) is 5.11 Å². The Bertz CT molecular complexity index is 201. The smallest absolute Gasteiger partial charge is 0.325 e. The molecule has 0 aromatic heterocycles. The fourth-order valence-corrected chi connectivity index (χ4v) is 0.709. The predicted molar refractivity (Wildman–Crippen MR) is 49.2 cm³/mol. The molecule has 0 heterocycles. The highest BCUT2D eigenvalue weighted by molar-refractivity contribution is 5.84. The zero-order chi connectivity index (χ0) is 10.6. The number of carbonyl (C=O) groups is 2. The van der Waals surface area contributed by atoms with Crippen molar-refractivity contribution in [3.63, 3.8) is 0 Å². The van der Waals surface area contributed by atoms with E-state index in [0.717, 1.165) is 0 Å². The fourth-order valence-electron chi connectivity index (χ4n) is 0.709. The Morgan fingerprint density at radius 3 is 1.92 bits per heavy atom. The molecule has 0 saturated carbocycles. The van der Waals surface area contributed by atoms with Crippen molar-refractivity contribution in [1.29, 1.82) is 0 Å². The maximum absolute atomic E-state index is 11.3. The van der Waals surface area contributed by atoms with Crippen LogP contribution in [0.1, 0.15) is 27.7 Å². The van der Waals surface area contributed by atoms with Gasteiger partial charge in [-0.2, -0.15) is 0 Å². The summed E-state index contributed by atoms with van der Waals surface area (Å²) >= 11 is 0. The summed E-state index contributed by atoms with van der Waals surface area (Å²) in [7, 11) is 0. The molecule has 1 amide bonds. The van der Waals surface area contributed by atoms with Gasteiger partial charge >= 0.3 is 5.97 Å². The Balaban J connectivity index is 4.08. The normalized spacial score (nSPS) is 15.2. The molecule has 1 unspecified atom stereocenters. The Morgan fingerprint density at radius 2 is 1.62 bits per heavy atom. The van der Waals surface area contributed by atoms with Gasteiger partial charge in [0.1, 0.15) is 6.04 Å². The summed E-state index contributed by atoms with van der Waals surface area (Å²) in [5.41, 5.74) is 0. The first-order chi connectivity index (χ1) is 5.86. The van der Waals surface area contributed by atoms with Gasteiger partial charge in [0, 0.05) is 5.92 Å². The third kappa shape index (κ3) is 3.92. The van der Waals surface area contributed by atoms with Crippen LogP contribution >= 0.6 is 0 Å². The van der Waals surface area contributed by atoms with E-state index in [1.165, 1.54) is 6.92 Å². The van der Waals surface area contributed by atoms with Crippen molar-refractivity contribution >= 4 is 11.9 Å². The monoisotopic (exact) mass is 187 g/mol. The highest BCUT2D eigenvalue weighted by atomic mass is 16.4. The molecule has 0 radical (unpaired) electrons. The van der Waals surface area contributed by atoms with Gasteiger partial charge < -0.3 is 10.4 Å². The van der Waals surface area contributed by atoms with Gasteiger partial charge in [-0.3, -0.25) is 9.59 Å². The number of rotatable bonds is 4. The van der Waals surface area contributed by atoms with Crippen molar-refractivity contribution in [1.82, 2.24) is 5.32 Å². The van der Waals surface area contributed by atoms with Gasteiger partial charge in [0.25, 0.3) is 0 Å². The van der Waals surface area contributed by atoms with Crippen LogP contribution in [0.3, 0.4) is 0 Å². The van der Waals surface area contributed by atoms with Gasteiger partial charge in [-0.25, -0.2) is 0 Å². The van der Waals surface area contributed by atoms with E-state index in [9.17, 15) is 9.59 Å². The Morgan fingerprint density at radius 1 is 1.15 bits per heavy atom. The molecule has 13 heavy (non-hydrogen) atoms. The lowest BCUT2D eigenvalue weighted by atomic mass is 9.97. The minimum absolute atomic E-state index is 0.151. The molecule has 0 aromatic rings. The Hall–Kier alpha value is -1.06. The second-order valence-corrected chi connectivity index (χ2v) is 3.60. The summed E-state index contributed by atoms with van der Waals surface area (Å²) in [6.07, 6.45) is 0. The van der Waals surface area contributed by atoms with E-state index in [-0.39, 0.29) is 17.7 Å². The number of carboxylic acids is 1. The molecule has 2 N–H and O–H groups in total. The standard InChI is InChI=1S/C9H17NO3/c1-5(2)6(3)8(11)10-7(4)9(12)13/h5-7H,1-4H3,(H,10,11)(H,12,13)/t6?,7-/m0/s1. The molecule has 0 saturated heterocycles. The number of aliphatic carboxylic acids is 1. The molecule has 76 valence electrons. The lowest BCUT2D eigenvalue weighted by molar-refractivity contribution is -0.142. The van der Waals surface area contributed by atoms with E-state index in [1.807, 2.05) is 13.8 Å². The first-order valence-electron chi connectivity index (χ1n) is 4.39. The fraction of sp³-hybridized carbons (Fsp3) is 0.778. The SMILES string of the molecule is CC(C)C(C)C(=O)N[C@@H](C)C(=O)O. The zero-order valence-corrected chi connectivity index (χ0v) is 8.50. The average Bonchev–Trinajstić information content (AvgIpc) is 2.02. The third-order valence-corrected chi connectivity index (χ3v) is 2.14. The number of carbonyl (C=O) groups excluding carboxylic acids is 1. The zero-order valence-electron chi connectivity index (χ0n) is 8.50. The molecule has 4 heteroatoms. The van der Waals surface area contributed by atoms with Crippen LogP contribution in [0.4, 0.5) is 0 Å². The summed E-state index contributed by atoms with van der Waals surface area (Å²) in [5.74, 6) is -1.14. The maximum atomic E-state index is 11.3. The molecule has 4 nitrogen and oxygen atoms in total. The van der Waals surface area contributed by atoms with Crippen molar-refractivity contribution in [3.05, 3.63) is 0 Å². The highest BCUT2D eigenvalue weighted by Gasteiger charge is 2.20. The largest absolute Gasteiger partial charge is 0.480 e. The van der Waals surface area contributed by atoms with Crippen LogP contribution in [0.15, 0.2) is 0 Å². The molecular formula is C9H17NO3. The minimum atomic E-state index is -1.01. The van der Waals surface area contributed by atoms with Crippen LogP contribution < -0.4 is 5.32 Å². The summed E-state index contributed by atoms with van der Waals surface area (Å²) in [6.45, 7) is 7.09. The van der Waals surface area contributed by atoms with E-state index in [0.29, 0.717) is 0 Å². The maximum Gasteiger partial charge on any atom is 0.325 e. The Kier molecular flexibility index (Phi) is 4.45. The first kappa shape index (κ1) is 11.9. The second-order valence-electron chi connectivity index (χ2n) is 3.60. The molecule has 0 rings (SSSR count). The minimum Gasteiger partial charge on any atom is -0.480 e. The average molecular weight is 187 g/mol. The van der Waals surface area contributed by atoms with E-state index >= 15 is 0 Å². The van der Waals surface area contributed by atoms with Gasteiger partial charge in [0.05, 0.1) is 0 Å². The molecule has 0 aliphatic heterocycles. The molecule has 0 spiro atoms. The number of carboxylic acid groups (broad SMARTS) is 1. The second kappa shape index (κ2) is 4.84. The topological polar surface area (TPSA) is 66.4 Å². The van der Waals surface area contributed by atoms with Crippen LogP contribution in [0, 0.1) is 11.8 Å². The number of nitrogens with one attached hydrogen (secondary N) is 1. The summed E-state index contributed by atoms with van der Waals surface area (Å²) in [6, 6.07) is -0.811. The lowest BCUT2D eigenvalue weighted by Crippen LogP contribution is -2.42. The van der Waals surface area contributed by atoms with Gasteiger partial charge in [-0.05, 0) is 12.8 Å². The van der Waals surface area contributed by atoms with Crippen molar-refractivity contribution < 1.29 is 14.7 Å². The van der Waals surface area contributed by atoms with Crippen LogP contribution in [0.2, 0.25) is 0 Å². The molecule has 0 aliphatic carbocycles. The number of hydrogen-bond donors (Lipinski definition) is 2. The first-order valence-corrected chi connectivity index (χ1v) is 4.39. The third-order valence-electron chi connectivity index (χ3n) is 2.14. The number of hydrogen-bond acceptors (Lipinski definition) is 2. The molecule has 0 bridgehead atoms. The van der Waals surface area contributed by atoms with Gasteiger partial charge in [-0.1, -0.05) is 20.8 Å². The summed E-state index contributed by atoms with van der Waals surface area (Å²) < 4.78 is 0. The van der Waals surface area contributed by atoms with Crippen LogP contribution in [-0.2, 0) is 9.59 Å². The molecule has 0 aromatic carbocycles. The van der Waals surface area contributed by atoms with Crippen molar-refractivity contribution in [2.24, 2.45) is 11.8 Å². The van der Waals surface area contributed by atoms with E-state index in [1.54, 1.807) is 6.92 Å². The van der Waals surface area contributed by atoms with Gasteiger partial charge in [-0.15, -0.1) is 0 Å². The summed E-state index contributed by atoms with van der Waals surface area (Å²) in [5, 5.41) is 11.0. The van der Waals surface area contributed by atoms with Crippen LogP contribution in [0.25, 0.3) is 0 Å². The number of amides is 1. The van der Waals surface area contributed by atoms with Crippen molar-refractivity contribution in [2.45, 2.75) is 33.7 Å². The lowest BCUT2D eigenvalue weighted by Gasteiger charge is -2.17. The molecule has 2 atom stereocenters. The molecule has 0 aliphatic rings.